The van der Waals surface area contributed by atoms with Crippen molar-refractivity contribution in [3.8, 4) is 5.75 Å². The number of anilines is 2. The fourth-order valence-electron chi connectivity index (χ4n) is 4.05. The first-order valence-corrected chi connectivity index (χ1v) is 12.5. The first-order chi connectivity index (χ1) is 18.0. The summed E-state index contributed by atoms with van der Waals surface area (Å²) in [5.74, 6) is -1.57. The molecule has 4 rings (SSSR count). The summed E-state index contributed by atoms with van der Waals surface area (Å²) in [6, 6.07) is 14.7. The molecule has 0 radical (unpaired) electrons. The summed E-state index contributed by atoms with van der Waals surface area (Å²) < 4.78 is 9.56. The van der Waals surface area contributed by atoms with Gasteiger partial charge in [-0.1, -0.05) is 24.3 Å². The summed E-state index contributed by atoms with van der Waals surface area (Å²) in [6.07, 6.45) is 1.68. The van der Waals surface area contributed by atoms with Gasteiger partial charge in [0, 0.05) is 17.1 Å². The number of nitrogen functional groups attached to an aromatic ring is 1. The van der Waals surface area contributed by atoms with Crippen LogP contribution in [0.5, 0.6) is 5.75 Å². The third-order valence-electron chi connectivity index (χ3n) is 5.67. The Morgan fingerprint density at radius 3 is 2.47 bits per heavy atom. The number of methoxy groups -OCH3 is 1. The molecule has 0 spiro atoms. The second-order valence-corrected chi connectivity index (χ2v) is 10.4. The Hall–Kier alpha value is -4.51. The zero-order valence-corrected chi connectivity index (χ0v) is 22.2. The molecule has 2 heterocycles. The minimum atomic E-state index is -1.15. The molecule has 0 bridgehead atoms. The molecule has 4 aromatic rings. The molecule has 0 aliphatic heterocycles. The molecule has 3 amide bonds. The van der Waals surface area contributed by atoms with Crippen molar-refractivity contribution < 1.29 is 19.1 Å². The first-order valence-electron chi connectivity index (χ1n) is 11.7. The van der Waals surface area contributed by atoms with E-state index in [2.05, 4.69) is 14.7 Å². The van der Waals surface area contributed by atoms with Gasteiger partial charge in [0.1, 0.15) is 16.7 Å². The van der Waals surface area contributed by atoms with Crippen LogP contribution in [0, 0.1) is 0 Å². The summed E-state index contributed by atoms with van der Waals surface area (Å²) in [5.41, 5.74) is 12.2. The van der Waals surface area contributed by atoms with Gasteiger partial charge in [-0.2, -0.15) is 4.37 Å². The number of carbonyl (C=O) groups excluding carboxylic acids is 3. The third kappa shape index (κ3) is 5.28. The van der Waals surface area contributed by atoms with Crippen molar-refractivity contribution in [1.29, 1.82) is 0 Å². The summed E-state index contributed by atoms with van der Waals surface area (Å²) in [5, 5.41) is 3.78. The zero-order chi connectivity index (χ0) is 27.6. The number of aromatic nitrogens is 2. The smallest absolute Gasteiger partial charge is 0.273 e. The highest BCUT2D eigenvalue weighted by atomic mass is 32.1. The number of rotatable bonds is 7. The molecule has 196 valence electrons. The minimum absolute atomic E-state index is 0.0271. The van der Waals surface area contributed by atoms with Crippen LogP contribution in [0.3, 0.4) is 0 Å². The Bertz CT molecular complexity index is 1530. The van der Waals surface area contributed by atoms with E-state index in [1.807, 2.05) is 32.9 Å². The molecule has 38 heavy (non-hydrogen) atoms. The number of para-hydroxylation sites is 2. The first kappa shape index (κ1) is 26.6. The largest absolute Gasteiger partial charge is 0.495 e. The second kappa shape index (κ2) is 10.5. The number of ether oxygens (including phenoxy) is 1. The third-order valence-corrected chi connectivity index (χ3v) is 6.52. The average Bonchev–Trinajstić information content (AvgIpc) is 3.27. The Kier molecular flexibility index (Phi) is 7.31. The number of primary amides is 1. The van der Waals surface area contributed by atoms with Gasteiger partial charge in [-0.15, -0.1) is 0 Å². The van der Waals surface area contributed by atoms with Crippen molar-refractivity contribution in [2.24, 2.45) is 5.73 Å². The molecule has 0 aliphatic carbocycles. The molecule has 10 nitrogen and oxygen atoms in total. The lowest BCUT2D eigenvalue weighted by Gasteiger charge is -2.34. The van der Waals surface area contributed by atoms with Gasteiger partial charge < -0.3 is 21.5 Å². The van der Waals surface area contributed by atoms with Crippen LogP contribution in [0.4, 0.5) is 11.4 Å². The maximum atomic E-state index is 14.2. The van der Waals surface area contributed by atoms with Gasteiger partial charge >= 0.3 is 0 Å². The van der Waals surface area contributed by atoms with Gasteiger partial charge in [0.25, 0.3) is 11.8 Å². The maximum Gasteiger partial charge on any atom is 0.273 e. The van der Waals surface area contributed by atoms with Crippen LogP contribution < -0.4 is 26.4 Å². The highest BCUT2D eigenvalue weighted by Gasteiger charge is 2.38. The van der Waals surface area contributed by atoms with Crippen LogP contribution in [0.1, 0.15) is 52.5 Å². The summed E-state index contributed by atoms with van der Waals surface area (Å²) in [4.78, 5) is 45.7. The van der Waals surface area contributed by atoms with E-state index in [4.69, 9.17) is 16.2 Å². The molecule has 2 aromatic carbocycles. The Morgan fingerprint density at radius 1 is 1.08 bits per heavy atom. The monoisotopic (exact) mass is 532 g/mol. The second-order valence-electron chi connectivity index (χ2n) is 9.58. The van der Waals surface area contributed by atoms with E-state index < -0.39 is 29.3 Å². The van der Waals surface area contributed by atoms with E-state index in [1.54, 1.807) is 48.7 Å². The predicted octanol–water partition coefficient (Wildman–Crippen LogP) is 3.68. The molecular formula is C27H28N6O4S. The lowest BCUT2D eigenvalue weighted by Crippen LogP contribution is -2.49. The fourth-order valence-corrected chi connectivity index (χ4v) is 4.80. The topological polar surface area (TPSA) is 154 Å². The van der Waals surface area contributed by atoms with Crippen LogP contribution in [0.25, 0.3) is 10.9 Å². The van der Waals surface area contributed by atoms with E-state index in [0.717, 1.165) is 22.4 Å². The summed E-state index contributed by atoms with van der Waals surface area (Å²) in [6.45, 7) is 5.55. The molecule has 0 fully saturated rings. The van der Waals surface area contributed by atoms with Gasteiger partial charge in [0.15, 0.2) is 5.69 Å². The summed E-state index contributed by atoms with van der Waals surface area (Å²) >= 11 is 0.740. The Morgan fingerprint density at radius 2 is 1.82 bits per heavy atom. The molecule has 5 N–H and O–H groups in total. The molecule has 11 heteroatoms. The van der Waals surface area contributed by atoms with Crippen molar-refractivity contribution in [1.82, 2.24) is 14.7 Å². The number of hydrogen-bond acceptors (Lipinski definition) is 8. The van der Waals surface area contributed by atoms with Gasteiger partial charge in [0.2, 0.25) is 5.91 Å². The van der Waals surface area contributed by atoms with Crippen molar-refractivity contribution >= 4 is 51.5 Å². The van der Waals surface area contributed by atoms with Crippen LogP contribution in [-0.2, 0) is 4.79 Å². The van der Waals surface area contributed by atoms with Crippen molar-refractivity contribution in [2.45, 2.75) is 32.4 Å². The van der Waals surface area contributed by atoms with E-state index in [9.17, 15) is 14.4 Å². The van der Waals surface area contributed by atoms with Crippen molar-refractivity contribution in [3.63, 3.8) is 0 Å². The zero-order valence-electron chi connectivity index (χ0n) is 21.4. The molecule has 0 saturated heterocycles. The van der Waals surface area contributed by atoms with E-state index >= 15 is 0 Å². The number of nitrogens with two attached hydrogens (primary N) is 2. The predicted molar refractivity (Wildman–Crippen MR) is 147 cm³/mol. The molecule has 0 aliphatic rings. The number of fused-ring (bicyclic) bond motifs is 1. The van der Waals surface area contributed by atoms with Crippen molar-refractivity contribution in [2.75, 3.05) is 17.7 Å². The highest BCUT2D eigenvalue weighted by molar-refractivity contribution is 7.09. The van der Waals surface area contributed by atoms with Crippen molar-refractivity contribution in [3.05, 3.63) is 76.9 Å². The summed E-state index contributed by atoms with van der Waals surface area (Å²) in [7, 11) is 1.47. The maximum absolute atomic E-state index is 14.2. The SMILES string of the molecule is COc1ccccc1N(C(=O)c1snc(C(N)=O)c1N)C(C(=O)NC(C)(C)C)c1ccc2ncccc2c1. The minimum Gasteiger partial charge on any atom is -0.495 e. The number of nitrogens with one attached hydrogen (secondary N) is 1. The highest BCUT2D eigenvalue weighted by Crippen LogP contribution is 2.38. The van der Waals surface area contributed by atoms with Gasteiger partial charge in [-0.25, -0.2) is 0 Å². The number of hydrogen-bond donors (Lipinski definition) is 3. The van der Waals surface area contributed by atoms with Gasteiger partial charge in [-0.3, -0.25) is 24.3 Å². The van der Waals surface area contributed by atoms with Crippen LogP contribution >= 0.6 is 11.5 Å². The molecule has 0 saturated carbocycles. The number of carbonyl (C=O) groups is 3. The molecular weight excluding hydrogens is 504 g/mol. The van der Waals surface area contributed by atoms with Gasteiger partial charge in [-0.05, 0) is 68.2 Å². The number of benzene rings is 2. The Balaban J connectivity index is 1.98. The molecule has 2 aromatic heterocycles. The lowest BCUT2D eigenvalue weighted by atomic mass is 9.98. The van der Waals surface area contributed by atoms with Gasteiger partial charge in [0.05, 0.1) is 24.0 Å². The Labute approximate surface area is 223 Å². The number of amides is 3. The average molecular weight is 533 g/mol. The number of nitrogens with zero attached hydrogens (tertiary/aromatic N) is 3. The fraction of sp³-hybridized carbons (Fsp3) is 0.222. The lowest BCUT2D eigenvalue weighted by molar-refractivity contribution is -0.123. The standard InChI is InChI=1S/C27H28N6O4S/c1-27(2,3)31-25(35)22(16-11-12-17-15(14-16)8-7-13-30-17)33(18-9-5-6-10-19(18)37-4)26(36)23-20(28)21(24(29)34)32-38-23/h5-14,22H,28H2,1-4H3,(H2,29,34)(H,31,35). The normalized spacial score (nSPS) is 12.1. The quantitative estimate of drug-likeness (QED) is 0.328. The van der Waals surface area contributed by atoms with E-state index in [-0.39, 0.29) is 16.3 Å². The van der Waals surface area contributed by atoms with E-state index in [0.29, 0.717) is 17.0 Å². The molecule has 1 atom stereocenters. The van der Waals surface area contributed by atoms with Crippen LogP contribution in [0.2, 0.25) is 0 Å². The van der Waals surface area contributed by atoms with Crippen LogP contribution in [-0.4, -0.2) is 39.7 Å². The van der Waals surface area contributed by atoms with Crippen LogP contribution in [0.15, 0.2) is 60.8 Å². The number of pyridine rings is 1. The molecule has 1 unspecified atom stereocenters. The van der Waals surface area contributed by atoms with E-state index in [1.165, 1.54) is 12.0 Å².